The van der Waals surface area contributed by atoms with Gasteiger partial charge in [-0.2, -0.15) is 0 Å². The number of aromatic carboxylic acids is 1. The van der Waals surface area contributed by atoms with Gasteiger partial charge in [0.05, 0.1) is 11.0 Å². The molecule has 0 fully saturated rings. The number of nitro groups is 1. The highest BCUT2D eigenvalue weighted by Crippen LogP contribution is 2.28. The van der Waals surface area contributed by atoms with Gasteiger partial charge >= 0.3 is 5.97 Å². The van der Waals surface area contributed by atoms with Gasteiger partial charge in [0.15, 0.2) is 0 Å². The van der Waals surface area contributed by atoms with E-state index in [0.717, 1.165) is 24.1 Å². The molecule has 6 heteroatoms. The number of carboxylic acid groups (broad SMARTS) is 1. The summed E-state index contributed by atoms with van der Waals surface area (Å²) >= 11 is 0. The van der Waals surface area contributed by atoms with Crippen molar-refractivity contribution in [2.75, 3.05) is 0 Å². The van der Waals surface area contributed by atoms with Crippen LogP contribution in [-0.4, -0.2) is 16.0 Å². The molecule has 0 heterocycles. The number of carbonyl (C=O) groups is 1. The Morgan fingerprint density at radius 1 is 1.19 bits per heavy atom. The Balaban J connectivity index is 2.29. The van der Waals surface area contributed by atoms with Gasteiger partial charge in [-0.05, 0) is 36.2 Å². The number of nitro benzene ring substituents is 1. The lowest BCUT2D eigenvalue weighted by atomic mass is 10.1. The molecule has 0 aliphatic carbocycles. The highest BCUT2D eigenvalue weighted by Gasteiger charge is 2.20. The van der Waals surface area contributed by atoms with Gasteiger partial charge < -0.3 is 9.84 Å². The van der Waals surface area contributed by atoms with Crippen LogP contribution in [0.25, 0.3) is 0 Å². The van der Waals surface area contributed by atoms with Crippen LogP contribution in [0.4, 0.5) is 5.69 Å². The highest BCUT2D eigenvalue weighted by molar-refractivity contribution is 5.92. The second-order valence-electron chi connectivity index (χ2n) is 4.34. The Kier molecular flexibility index (Phi) is 4.18. The lowest BCUT2D eigenvalue weighted by Gasteiger charge is -2.07. The first-order valence-corrected chi connectivity index (χ1v) is 6.29. The largest absolute Gasteiger partial charge is 0.477 e. The van der Waals surface area contributed by atoms with Crippen molar-refractivity contribution < 1.29 is 19.6 Å². The third-order valence-electron chi connectivity index (χ3n) is 2.96. The zero-order valence-corrected chi connectivity index (χ0v) is 11.3. The zero-order valence-electron chi connectivity index (χ0n) is 11.3. The monoisotopic (exact) mass is 287 g/mol. The molecule has 0 aliphatic heterocycles. The maximum atomic E-state index is 10.9. The zero-order chi connectivity index (χ0) is 15.4. The minimum Gasteiger partial charge on any atom is -0.477 e. The number of hydrogen-bond donors (Lipinski definition) is 1. The van der Waals surface area contributed by atoms with Crippen molar-refractivity contribution in [2.24, 2.45) is 0 Å². The summed E-state index contributed by atoms with van der Waals surface area (Å²) in [6.07, 6.45) is 0.902. The van der Waals surface area contributed by atoms with Crippen LogP contribution in [0.15, 0.2) is 42.5 Å². The maximum Gasteiger partial charge on any atom is 0.342 e. The Hall–Kier alpha value is -2.89. The first-order valence-electron chi connectivity index (χ1n) is 6.29. The Morgan fingerprint density at radius 3 is 2.33 bits per heavy atom. The summed E-state index contributed by atoms with van der Waals surface area (Å²) in [6.45, 7) is 2.03. The molecule has 0 aromatic heterocycles. The third kappa shape index (κ3) is 3.36. The fourth-order valence-corrected chi connectivity index (χ4v) is 1.84. The summed E-state index contributed by atoms with van der Waals surface area (Å²) in [5.74, 6) is -0.596. The molecule has 2 aromatic carbocycles. The number of rotatable bonds is 5. The Bertz CT molecular complexity index is 679. The summed E-state index contributed by atoms with van der Waals surface area (Å²) in [4.78, 5) is 21.1. The molecule has 0 atom stereocenters. The van der Waals surface area contributed by atoms with E-state index in [9.17, 15) is 14.9 Å². The van der Waals surface area contributed by atoms with Gasteiger partial charge in [-0.15, -0.1) is 0 Å². The van der Waals surface area contributed by atoms with Crippen LogP contribution in [0.1, 0.15) is 22.8 Å². The molecule has 0 unspecified atom stereocenters. The number of hydrogen-bond acceptors (Lipinski definition) is 4. The van der Waals surface area contributed by atoms with Crippen molar-refractivity contribution in [3.8, 4) is 11.5 Å². The number of nitrogens with zero attached hydrogens (tertiary/aromatic N) is 1. The van der Waals surface area contributed by atoms with Crippen molar-refractivity contribution in [1.82, 2.24) is 0 Å². The molecule has 0 aliphatic rings. The van der Waals surface area contributed by atoms with Gasteiger partial charge in [-0.3, -0.25) is 10.1 Å². The van der Waals surface area contributed by atoms with Crippen molar-refractivity contribution in [2.45, 2.75) is 13.3 Å². The van der Waals surface area contributed by atoms with E-state index >= 15 is 0 Å². The quantitative estimate of drug-likeness (QED) is 0.669. The molecule has 0 amide bonds. The van der Waals surface area contributed by atoms with Crippen molar-refractivity contribution in [3.05, 3.63) is 63.7 Å². The second-order valence-corrected chi connectivity index (χ2v) is 4.34. The number of carboxylic acids is 1. The van der Waals surface area contributed by atoms with E-state index in [1.165, 1.54) is 6.07 Å². The normalized spacial score (nSPS) is 10.1. The van der Waals surface area contributed by atoms with Crippen LogP contribution in [0, 0.1) is 10.1 Å². The van der Waals surface area contributed by atoms with Crippen molar-refractivity contribution in [1.29, 1.82) is 0 Å². The molecule has 0 saturated heterocycles. The second kappa shape index (κ2) is 6.04. The molecule has 0 saturated carbocycles. The molecule has 0 bridgehead atoms. The minimum absolute atomic E-state index is 0.218. The topological polar surface area (TPSA) is 89.7 Å². The van der Waals surface area contributed by atoms with Crippen LogP contribution in [0.5, 0.6) is 11.5 Å². The Morgan fingerprint density at radius 2 is 1.81 bits per heavy atom. The van der Waals surface area contributed by atoms with Crippen LogP contribution in [0.3, 0.4) is 0 Å². The SMILES string of the molecule is CCc1ccc(Oc2ccc(C(=O)O)c([N+](=O)[O-])c2)cc1. The van der Waals surface area contributed by atoms with Crippen LogP contribution in [0.2, 0.25) is 0 Å². The van der Waals surface area contributed by atoms with E-state index in [1.807, 2.05) is 19.1 Å². The van der Waals surface area contributed by atoms with E-state index in [0.29, 0.717) is 5.75 Å². The molecular formula is C15H13NO5. The van der Waals surface area contributed by atoms with Gasteiger partial charge in [0, 0.05) is 0 Å². The van der Waals surface area contributed by atoms with Gasteiger partial charge in [0.2, 0.25) is 0 Å². The average molecular weight is 287 g/mol. The molecule has 108 valence electrons. The van der Waals surface area contributed by atoms with Gasteiger partial charge in [0.1, 0.15) is 17.1 Å². The first kappa shape index (κ1) is 14.5. The summed E-state index contributed by atoms with van der Waals surface area (Å²) < 4.78 is 5.51. The smallest absolute Gasteiger partial charge is 0.342 e. The number of ether oxygens (including phenoxy) is 1. The molecular weight excluding hydrogens is 274 g/mol. The lowest BCUT2D eigenvalue weighted by Crippen LogP contribution is -2.02. The van der Waals surface area contributed by atoms with E-state index in [2.05, 4.69) is 0 Å². The lowest BCUT2D eigenvalue weighted by molar-refractivity contribution is -0.385. The molecule has 2 rings (SSSR count). The fraction of sp³-hybridized carbons (Fsp3) is 0.133. The summed E-state index contributed by atoms with van der Waals surface area (Å²) in [5.41, 5.74) is 0.286. The maximum absolute atomic E-state index is 10.9. The van der Waals surface area contributed by atoms with Crippen LogP contribution in [-0.2, 0) is 6.42 Å². The highest BCUT2D eigenvalue weighted by atomic mass is 16.6. The summed E-state index contributed by atoms with van der Waals surface area (Å²) in [5, 5.41) is 19.8. The van der Waals surface area contributed by atoms with E-state index in [-0.39, 0.29) is 11.3 Å². The summed E-state index contributed by atoms with van der Waals surface area (Å²) in [6, 6.07) is 11.0. The third-order valence-corrected chi connectivity index (χ3v) is 2.96. The Labute approximate surface area is 120 Å². The molecule has 21 heavy (non-hydrogen) atoms. The van der Waals surface area contributed by atoms with Crippen molar-refractivity contribution in [3.63, 3.8) is 0 Å². The fourth-order valence-electron chi connectivity index (χ4n) is 1.84. The summed E-state index contributed by atoms with van der Waals surface area (Å²) in [7, 11) is 0. The van der Waals surface area contributed by atoms with E-state index in [1.54, 1.807) is 12.1 Å². The minimum atomic E-state index is -1.35. The van der Waals surface area contributed by atoms with Crippen molar-refractivity contribution >= 4 is 11.7 Å². The first-order chi connectivity index (χ1) is 10.0. The predicted octanol–water partition coefficient (Wildman–Crippen LogP) is 3.65. The van der Waals surface area contributed by atoms with Gasteiger partial charge in [0.25, 0.3) is 5.69 Å². The van der Waals surface area contributed by atoms with Gasteiger partial charge in [-0.25, -0.2) is 4.79 Å². The van der Waals surface area contributed by atoms with Gasteiger partial charge in [-0.1, -0.05) is 19.1 Å². The average Bonchev–Trinajstić information content (AvgIpc) is 2.47. The van der Waals surface area contributed by atoms with E-state index in [4.69, 9.17) is 9.84 Å². The number of aryl methyl sites for hydroxylation is 1. The van der Waals surface area contributed by atoms with E-state index < -0.39 is 16.6 Å². The van der Waals surface area contributed by atoms with Crippen LogP contribution < -0.4 is 4.74 Å². The molecule has 0 radical (unpaired) electrons. The number of benzene rings is 2. The standard InChI is InChI=1S/C15H13NO5/c1-2-10-3-5-11(6-4-10)21-12-7-8-13(15(17)18)14(9-12)16(19)20/h3-9H,2H2,1H3,(H,17,18). The predicted molar refractivity (Wildman–Crippen MR) is 75.9 cm³/mol. The molecule has 0 spiro atoms. The molecule has 6 nitrogen and oxygen atoms in total. The van der Waals surface area contributed by atoms with Crippen LogP contribution >= 0.6 is 0 Å². The molecule has 1 N–H and O–H groups in total. The molecule has 2 aromatic rings.